The Hall–Kier alpha value is -2.46. The summed E-state index contributed by atoms with van der Waals surface area (Å²) >= 11 is 0. The van der Waals surface area contributed by atoms with Crippen molar-refractivity contribution in [2.75, 3.05) is 35.5 Å². The van der Waals surface area contributed by atoms with Gasteiger partial charge in [0.1, 0.15) is 0 Å². The number of hydrogen-bond acceptors (Lipinski definition) is 6. The van der Waals surface area contributed by atoms with Crippen LogP contribution in [0.25, 0.3) is 0 Å². The number of nitrogens with zero attached hydrogens (tertiary/aromatic N) is 1. The van der Waals surface area contributed by atoms with E-state index >= 15 is 0 Å². The van der Waals surface area contributed by atoms with E-state index in [2.05, 4.69) is 4.72 Å². The number of methoxy groups -OCH3 is 2. The summed E-state index contributed by atoms with van der Waals surface area (Å²) < 4.78 is 65.0. The molecule has 0 spiro atoms. The summed E-state index contributed by atoms with van der Waals surface area (Å²) in [6.07, 6.45) is 1.34. The minimum Gasteiger partial charge on any atom is -0.493 e. The number of sulfonamides is 2. The molecule has 0 aliphatic carbocycles. The van der Waals surface area contributed by atoms with Crippen molar-refractivity contribution in [3.8, 4) is 11.5 Å². The molecule has 1 N–H and O–H groups in total. The molecule has 1 heterocycles. The lowest BCUT2D eigenvalue weighted by Gasteiger charge is -2.28. The summed E-state index contributed by atoms with van der Waals surface area (Å²) in [5.74, 6) is 0.925. The molecule has 8 nitrogen and oxygen atoms in total. The zero-order valence-electron chi connectivity index (χ0n) is 16.5. The van der Waals surface area contributed by atoms with Crippen molar-refractivity contribution in [1.29, 1.82) is 0 Å². The van der Waals surface area contributed by atoms with Crippen LogP contribution in [0.5, 0.6) is 11.5 Å². The van der Waals surface area contributed by atoms with Gasteiger partial charge >= 0.3 is 0 Å². The highest BCUT2D eigenvalue weighted by atomic mass is 32.2. The highest BCUT2D eigenvalue weighted by Gasteiger charge is 2.28. The Labute approximate surface area is 171 Å². The summed E-state index contributed by atoms with van der Waals surface area (Å²) in [5.41, 5.74) is 1.16. The smallest absolute Gasteiger partial charge is 0.262 e. The first-order valence-corrected chi connectivity index (χ1v) is 12.1. The molecule has 1 aliphatic heterocycles. The van der Waals surface area contributed by atoms with Crippen molar-refractivity contribution in [1.82, 2.24) is 0 Å². The highest BCUT2D eigenvalue weighted by Crippen LogP contribution is 2.32. The van der Waals surface area contributed by atoms with Crippen LogP contribution < -0.4 is 18.5 Å². The van der Waals surface area contributed by atoms with Gasteiger partial charge in [0.05, 0.1) is 36.2 Å². The van der Waals surface area contributed by atoms with Crippen molar-refractivity contribution in [2.45, 2.75) is 24.7 Å². The van der Waals surface area contributed by atoms with Gasteiger partial charge in [0.2, 0.25) is 10.0 Å². The Kier molecular flexibility index (Phi) is 5.95. The molecule has 158 valence electrons. The number of aryl methyl sites for hydroxylation is 1. The fraction of sp³-hybridized carbons (Fsp3) is 0.368. The third-order valence-corrected chi connectivity index (χ3v) is 8.13. The van der Waals surface area contributed by atoms with E-state index in [0.29, 0.717) is 41.4 Å². The topological polar surface area (TPSA) is 102 Å². The molecule has 0 aromatic heterocycles. The number of anilines is 2. The van der Waals surface area contributed by atoms with Gasteiger partial charge in [-0.1, -0.05) is 6.07 Å². The maximum Gasteiger partial charge on any atom is 0.262 e. The second-order valence-electron chi connectivity index (χ2n) is 6.72. The average molecular weight is 441 g/mol. The first-order valence-electron chi connectivity index (χ1n) is 9.04. The SMILES string of the molecule is COc1ccc(NS(=O)(=O)c2cc(N3CCCCS3(=O)=O)ccc2C)cc1OC. The van der Waals surface area contributed by atoms with Crippen molar-refractivity contribution in [3.05, 3.63) is 42.0 Å². The fourth-order valence-electron chi connectivity index (χ4n) is 3.22. The standard InChI is InChI=1S/C19H24N2O6S2/c1-14-6-8-16(21-10-4-5-11-28(21,22)23)13-19(14)29(24,25)20-15-7-9-17(26-2)18(12-15)27-3/h6-9,12-13,20H,4-5,10-11H2,1-3H3. The van der Waals surface area contributed by atoms with Gasteiger partial charge in [-0.3, -0.25) is 9.03 Å². The van der Waals surface area contributed by atoms with Crippen LogP contribution in [0, 0.1) is 6.92 Å². The van der Waals surface area contributed by atoms with E-state index in [1.54, 1.807) is 31.2 Å². The Morgan fingerprint density at radius 3 is 2.38 bits per heavy atom. The molecule has 0 unspecified atom stereocenters. The van der Waals surface area contributed by atoms with Crippen molar-refractivity contribution < 1.29 is 26.3 Å². The van der Waals surface area contributed by atoms with Gasteiger partial charge in [-0.15, -0.1) is 0 Å². The molecule has 2 aromatic rings. The first kappa shape index (κ1) is 21.3. The summed E-state index contributed by atoms with van der Waals surface area (Å²) in [7, 11) is -4.44. The third-order valence-electron chi connectivity index (χ3n) is 4.73. The van der Waals surface area contributed by atoms with E-state index < -0.39 is 20.0 Å². The monoisotopic (exact) mass is 440 g/mol. The minimum atomic E-state index is -3.95. The van der Waals surface area contributed by atoms with Crippen LogP contribution in [0.2, 0.25) is 0 Å². The van der Waals surface area contributed by atoms with Gasteiger partial charge in [-0.25, -0.2) is 16.8 Å². The van der Waals surface area contributed by atoms with Crippen molar-refractivity contribution >= 4 is 31.4 Å². The van der Waals surface area contributed by atoms with Gasteiger partial charge < -0.3 is 9.47 Å². The first-order chi connectivity index (χ1) is 13.7. The number of rotatable bonds is 6. The van der Waals surface area contributed by atoms with E-state index in [-0.39, 0.29) is 10.6 Å². The van der Waals surface area contributed by atoms with Crippen LogP contribution in [0.15, 0.2) is 41.3 Å². The molecule has 2 aromatic carbocycles. The van der Waals surface area contributed by atoms with Gasteiger partial charge in [0.15, 0.2) is 11.5 Å². The lowest BCUT2D eigenvalue weighted by molar-refractivity contribution is 0.355. The molecule has 3 rings (SSSR count). The second kappa shape index (κ2) is 8.11. The number of ether oxygens (including phenoxy) is 2. The molecule has 1 fully saturated rings. The van der Waals surface area contributed by atoms with Gasteiger partial charge in [-0.2, -0.15) is 0 Å². The molecule has 29 heavy (non-hydrogen) atoms. The Morgan fingerprint density at radius 1 is 1.00 bits per heavy atom. The van der Waals surface area contributed by atoms with Crippen LogP contribution in [0.1, 0.15) is 18.4 Å². The molecular formula is C19H24N2O6S2. The summed E-state index contributed by atoms with van der Waals surface area (Å²) in [5, 5.41) is 0. The molecule has 0 bridgehead atoms. The van der Waals surface area contributed by atoms with Crippen LogP contribution >= 0.6 is 0 Å². The molecule has 0 saturated carbocycles. The summed E-state index contributed by atoms with van der Waals surface area (Å²) in [6.45, 7) is 2.01. The van der Waals surface area contributed by atoms with E-state index in [1.807, 2.05) is 0 Å². The Balaban J connectivity index is 1.97. The Bertz CT molecular complexity index is 1110. The normalized spacial score (nSPS) is 16.3. The number of benzene rings is 2. The summed E-state index contributed by atoms with van der Waals surface area (Å²) in [6, 6.07) is 9.33. The predicted molar refractivity (Wildman–Crippen MR) is 112 cm³/mol. The quantitative estimate of drug-likeness (QED) is 0.741. The number of nitrogens with one attached hydrogen (secondary N) is 1. The molecule has 0 amide bonds. The van der Waals surface area contributed by atoms with E-state index in [9.17, 15) is 16.8 Å². The minimum absolute atomic E-state index is 0.0190. The second-order valence-corrected chi connectivity index (χ2v) is 10.4. The molecule has 1 saturated heterocycles. The predicted octanol–water partition coefficient (Wildman–Crippen LogP) is 2.74. The Morgan fingerprint density at radius 2 is 1.72 bits per heavy atom. The fourth-order valence-corrected chi connectivity index (χ4v) is 6.17. The van der Waals surface area contributed by atoms with Gasteiger partial charge in [0.25, 0.3) is 10.0 Å². The average Bonchev–Trinajstić information content (AvgIpc) is 2.67. The van der Waals surface area contributed by atoms with Crippen molar-refractivity contribution in [3.63, 3.8) is 0 Å². The van der Waals surface area contributed by atoms with Crippen LogP contribution in [0.4, 0.5) is 11.4 Å². The van der Waals surface area contributed by atoms with E-state index in [1.165, 1.54) is 30.7 Å². The lowest BCUT2D eigenvalue weighted by Crippen LogP contribution is -2.38. The molecule has 1 aliphatic rings. The molecule has 10 heteroatoms. The molecule has 0 atom stereocenters. The van der Waals surface area contributed by atoms with E-state index in [4.69, 9.17) is 9.47 Å². The highest BCUT2D eigenvalue weighted by molar-refractivity contribution is 7.93. The zero-order chi connectivity index (χ0) is 21.2. The zero-order valence-corrected chi connectivity index (χ0v) is 18.1. The molecular weight excluding hydrogens is 416 g/mol. The lowest BCUT2D eigenvalue weighted by atomic mass is 10.2. The van der Waals surface area contributed by atoms with Crippen LogP contribution in [-0.2, 0) is 20.0 Å². The number of hydrogen-bond donors (Lipinski definition) is 1. The van der Waals surface area contributed by atoms with Crippen LogP contribution in [0.3, 0.4) is 0 Å². The summed E-state index contributed by atoms with van der Waals surface area (Å²) in [4.78, 5) is 0.0190. The maximum atomic E-state index is 13.0. The van der Waals surface area contributed by atoms with Gasteiger partial charge in [0, 0.05) is 12.6 Å². The van der Waals surface area contributed by atoms with Crippen molar-refractivity contribution in [2.24, 2.45) is 0 Å². The van der Waals surface area contributed by atoms with E-state index in [0.717, 1.165) is 6.42 Å². The van der Waals surface area contributed by atoms with Crippen LogP contribution in [-0.4, -0.2) is 43.4 Å². The maximum absolute atomic E-state index is 13.0. The van der Waals surface area contributed by atoms with Gasteiger partial charge in [-0.05, 0) is 49.6 Å². The largest absolute Gasteiger partial charge is 0.493 e. The molecule has 0 radical (unpaired) electrons. The third kappa shape index (κ3) is 4.43.